The highest BCUT2D eigenvalue weighted by atomic mass is 32.1. The highest BCUT2D eigenvalue weighted by molar-refractivity contribution is 7.09. The van der Waals surface area contributed by atoms with Gasteiger partial charge < -0.3 is 9.80 Å². The molecule has 1 aliphatic rings. The molecule has 1 aromatic heterocycles. The molecule has 0 radical (unpaired) electrons. The van der Waals surface area contributed by atoms with Gasteiger partial charge in [-0.3, -0.25) is 9.59 Å². The van der Waals surface area contributed by atoms with Crippen LogP contribution in [0.2, 0.25) is 0 Å². The van der Waals surface area contributed by atoms with E-state index >= 15 is 0 Å². The SMILES string of the molecule is O=C(Cc1csc(Cc2ccccc2)n1)N1CCN(C(=O)c2ccc(F)c(F)c2)CC1. The summed E-state index contributed by atoms with van der Waals surface area (Å²) in [5.74, 6) is -2.43. The molecule has 0 spiro atoms. The van der Waals surface area contributed by atoms with Gasteiger partial charge in [0.15, 0.2) is 11.6 Å². The molecule has 160 valence electrons. The van der Waals surface area contributed by atoms with Gasteiger partial charge in [-0.15, -0.1) is 11.3 Å². The summed E-state index contributed by atoms with van der Waals surface area (Å²) >= 11 is 1.55. The molecule has 8 heteroatoms. The average Bonchev–Trinajstić information content (AvgIpc) is 3.22. The summed E-state index contributed by atoms with van der Waals surface area (Å²) < 4.78 is 26.5. The van der Waals surface area contributed by atoms with Crippen molar-refractivity contribution in [2.24, 2.45) is 0 Å². The second-order valence-corrected chi connectivity index (χ2v) is 8.32. The van der Waals surface area contributed by atoms with Crippen LogP contribution in [0.3, 0.4) is 0 Å². The Balaban J connectivity index is 1.29. The van der Waals surface area contributed by atoms with E-state index in [0.717, 1.165) is 29.3 Å². The van der Waals surface area contributed by atoms with Crippen molar-refractivity contribution in [2.45, 2.75) is 12.8 Å². The van der Waals surface area contributed by atoms with Crippen LogP contribution in [-0.4, -0.2) is 52.8 Å². The Kier molecular flexibility index (Phi) is 6.36. The zero-order valence-corrected chi connectivity index (χ0v) is 17.6. The number of nitrogens with zero attached hydrogens (tertiary/aromatic N) is 3. The molecule has 0 unspecified atom stereocenters. The largest absolute Gasteiger partial charge is 0.339 e. The van der Waals surface area contributed by atoms with E-state index in [0.29, 0.717) is 26.2 Å². The Morgan fingerprint density at radius 2 is 1.65 bits per heavy atom. The van der Waals surface area contributed by atoms with Crippen molar-refractivity contribution in [3.8, 4) is 0 Å². The Morgan fingerprint density at radius 1 is 0.935 bits per heavy atom. The lowest BCUT2D eigenvalue weighted by Gasteiger charge is -2.34. The van der Waals surface area contributed by atoms with Crippen molar-refractivity contribution in [3.05, 3.63) is 87.4 Å². The summed E-state index contributed by atoms with van der Waals surface area (Å²) in [6.45, 7) is 1.49. The van der Waals surface area contributed by atoms with Crippen molar-refractivity contribution in [1.29, 1.82) is 0 Å². The van der Waals surface area contributed by atoms with Crippen LogP contribution in [0.4, 0.5) is 8.78 Å². The summed E-state index contributed by atoms with van der Waals surface area (Å²) in [4.78, 5) is 33.0. The number of amides is 2. The third-order valence-electron chi connectivity index (χ3n) is 5.22. The van der Waals surface area contributed by atoms with Gasteiger partial charge in [0.2, 0.25) is 5.91 Å². The van der Waals surface area contributed by atoms with Crippen molar-refractivity contribution >= 4 is 23.2 Å². The molecule has 1 fully saturated rings. The van der Waals surface area contributed by atoms with E-state index in [9.17, 15) is 18.4 Å². The van der Waals surface area contributed by atoms with Gasteiger partial charge in [-0.05, 0) is 23.8 Å². The number of benzene rings is 2. The zero-order chi connectivity index (χ0) is 21.8. The molecular weight excluding hydrogens is 420 g/mol. The van der Waals surface area contributed by atoms with Gasteiger partial charge in [-0.2, -0.15) is 0 Å². The molecule has 2 amide bonds. The molecule has 0 aliphatic carbocycles. The van der Waals surface area contributed by atoms with Crippen molar-refractivity contribution in [2.75, 3.05) is 26.2 Å². The van der Waals surface area contributed by atoms with Crippen LogP contribution < -0.4 is 0 Å². The quantitative estimate of drug-likeness (QED) is 0.609. The molecular formula is C23H21F2N3O2S. The topological polar surface area (TPSA) is 53.5 Å². The van der Waals surface area contributed by atoms with Gasteiger partial charge in [0.1, 0.15) is 0 Å². The molecule has 5 nitrogen and oxygen atoms in total. The number of carbonyl (C=O) groups is 2. The zero-order valence-electron chi connectivity index (χ0n) is 16.8. The minimum Gasteiger partial charge on any atom is -0.339 e. The van der Waals surface area contributed by atoms with Crippen LogP contribution in [0.1, 0.15) is 26.6 Å². The number of rotatable bonds is 5. The van der Waals surface area contributed by atoms with E-state index in [-0.39, 0.29) is 23.8 Å². The lowest BCUT2D eigenvalue weighted by atomic mass is 10.1. The fraction of sp³-hybridized carbons (Fsp3) is 0.261. The Bertz CT molecular complexity index is 1080. The van der Waals surface area contributed by atoms with E-state index in [1.165, 1.54) is 11.6 Å². The van der Waals surface area contributed by atoms with Gasteiger partial charge >= 0.3 is 0 Å². The predicted molar refractivity (Wildman–Crippen MR) is 114 cm³/mol. The summed E-state index contributed by atoms with van der Waals surface area (Å²) in [6, 6.07) is 13.2. The average molecular weight is 442 g/mol. The van der Waals surface area contributed by atoms with Crippen LogP contribution in [0.5, 0.6) is 0 Å². The number of hydrogen-bond donors (Lipinski definition) is 0. The molecule has 0 bridgehead atoms. The fourth-order valence-electron chi connectivity index (χ4n) is 3.52. The molecule has 1 saturated heterocycles. The number of hydrogen-bond acceptors (Lipinski definition) is 4. The van der Waals surface area contributed by atoms with E-state index in [1.807, 2.05) is 35.7 Å². The number of halogens is 2. The van der Waals surface area contributed by atoms with E-state index in [1.54, 1.807) is 21.1 Å². The lowest BCUT2D eigenvalue weighted by molar-refractivity contribution is -0.132. The predicted octanol–water partition coefficient (Wildman–Crippen LogP) is 3.54. The van der Waals surface area contributed by atoms with Crippen LogP contribution in [0.25, 0.3) is 0 Å². The molecule has 2 heterocycles. The molecule has 4 rings (SSSR count). The number of piperazine rings is 1. The van der Waals surface area contributed by atoms with Crippen LogP contribution in [-0.2, 0) is 17.6 Å². The Labute approximate surface area is 182 Å². The van der Waals surface area contributed by atoms with Crippen LogP contribution >= 0.6 is 11.3 Å². The van der Waals surface area contributed by atoms with Gasteiger partial charge in [0.05, 0.1) is 17.1 Å². The summed E-state index contributed by atoms with van der Waals surface area (Å²) in [6.07, 6.45) is 0.965. The summed E-state index contributed by atoms with van der Waals surface area (Å²) in [5.41, 5.74) is 2.03. The summed E-state index contributed by atoms with van der Waals surface area (Å²) in [7, 11) is 0. The standard InChI is InChI=1S/C23H21F2N3O2S/c24-19-7-6-17(13-20(19)25)23(30)28-10-8-27(9-11-28)22(29)14-18-15-31-21(26-18)12-16-4-2-1-3-5-16/h1-7,13,15H,8-12,14H2. The van der Waals surface area contributed by atoms with Crippen molar-refractivity contribution in [1.82, 2.24) is 14.8 Å². The molecule has 1 aliphatic heterocycles. The number of aromatic nitrogens is 1. The van der Waals surface area contributed by atoms with Crippen LogP contribution in [0.15, 0.2) is 53.9 Å². The summed E-state index contributed by atoms with van der Waals surface area (Å²) in [5, 5.41) is 2.88. The van der Waals surface area contributed by atoms with Crippen molar-refractivity contribution in [3.63, 3.8) is 0 Å². The monoisotopic (exact) mass is 441 g/mol. The first kappa shape index (κ1) is 21.1. The van der Waals surface area contributed by atoms with Gasteiger partial charge in [0, 0.05) is 43.5 Å². The van der Waals surface area contributed by atoms with Gasteiger partial charge in [-0.1, -0.05) is 30.3 Å². The maximum atomic E-state index is 13.4. The lowest BCUT2D eigenvalue weighted by Crippen LogP contribution is -2.51. The molecule has 2 aromatic carbocycles. The maximum Gasteiger partial charge on any atom is 0.254 e. The maximum absolute atomic E-state index is 13.4. The van der Waals surface area contributed by atoms with E-state index < -0.39 is 11.6 Å². The van der Waals surface area contributed by atoms with Gasteiger partial charge in [0.25, 0.3) is 5.91 Å². The number of thiazole rings is 1. The highest BCUT2D eigenvalue weighted by Gasteiger charge is 2.25. The Morgan fingerprint density at radius 3 is 2.35 bits per heavy atom. The smallest absolute Gasteiger partial charge is 0.254 e. The molecule has 0 atom stereocenters. The first-order valence-electron chi connectivity index (χ1n) is 9.99. The van der Waals surface area contributed by atoms with E-state index in [4.69, 9.17) is 0 Å². The third kappa shape index (κ3) is 5.14. The van der Waals surface area contributed by atoms with Crippen molar-refractivity contribution < 1.29 is 18.4 Å². The number of carbonyl (C=O) groups excluding carboxylic acids is 2. The molecule has 0 saturated carbocycles. The molecule has 0 N–H and O–H groups in total. The second-order valence-electron chi connectivity index (χ2n) is 7.37. The van der Waals surface area contributed by atoms with Gasteiger partial charge in [-0.25, -0.2) is 13.8 Å². The Hall–Kier alpha value is -3.13. The fourth-order valence-corrected chi connectivity index (χ4v) is 4.35. The highest BCUT2D eigenvalue weighted by Crippen LogP contribution is 2.17. The molecule has 3 aromatic rings. The second kappa shape index (κ2) is 9.34. The first-order valence-corrected chi connectivity index (χ1v) is 10.9. The minimum absolute atomic E-state index is 0.0310. The van der Waals surface area contributed by atoms with E-state index in [2.05, 4.69) is 4.98 Å². The normalized spacial score (nSPS) is 14.0. The molecule has 31 heavy (non-hydrogen) atoms. The van der Waals surface area contributed by atoms with Crippen LogP contribution in [0, 0.1) is 11.6 Å². The minimum atomic E-state index is -1.05. The first-order chi connectivity index (χ1) is 15.0. The third-order valence-corrected chi connectivity index (χ3v) is 6.11.